The van der Waals surface area contributed by atoms with Gasteiger partial charge in [-0.05, 0) is 25.5 Å². The Bertz CT molecular complexity index is 498. The number of rotatable bonds is 5. The molecule has 110 valence electrons. The molecule has 0 heterocycles. The summed E-state index contributed by atoms with van der Waals surface area (Å²) in [5, 5.41) is 12.0. The fraction of sp³-hybridized carbons (Fsp3) is 0.429. The van der Waals surface area contributed by atoms with Gasteiger partial charge < -0.3 is 15.2 Å². The van der Waals surface area contributed by atoms with E-state index in [0.717, 1.165) is 6.07 Å². The van der Waals surface area contributed by atoms with Gasteiger partial charge >= 0.3 is 5.97 Å². The van der Waals surface area contributed by atoms with Gasteiger partial charge in [-0.15, -0.1) is 0 Å². The van der Waals surface area contributed by atoms with Crippen LogP contribution in [0.25, 0.3) is 0 Å². The second-order valence-electron chi connectivity index (χ2n) is 4.66. The standard InChI is InChI=1S/C14H18FNO4/c1-4-8-14(2,13(19)20-3)16-12(18)11-9(15)6-5-7-10(11)17/h5-7,17H,4,8H2,1-3H3,(H,16,18). The molecule has 6 heteroatoms. The van der Waals surface area contributed by atoms with Crippen molar-refractivity contribution in [2.24, 2.45) is 0 Å². The Morgan fingerprint density at radius 3 is 2.60 bits per heavy atom. The number of aromatic hydroxyl groups is 1. The minimum Gasteiger partial charge on any atom is -0.507 e. The highest BCUT2D eigenvalue weighted by molar-refractivity contribution is 6.00. The van der Waals surface area contributed by atoms with E-state index in [9.17, 15) is 19.1 Å². The van der Waals surface area contributed by atoms with Gasteiger partial charge in [0.2, 0.25) is 0 Å². The number of amides is 1. The second-order valence-corrected chi connectivity index (χ2v) is 4.66. The van der Waals surface area contributed by atoms with E-state index < -0.39 is 34.5 Å². The van der Waals surface area contributed by atoms with Crippen LogP contribution in [0.15, 0.2) is 18.2 Å². The molecule has 1 aromatic carbocycles. The van der Waals surface area contributed by atoms with Crippen LogP contribution in [0, 0.1) is 5.82 Å². The van der Waals surface area contributed by atoms with Gasteiger partial charge in [0, 0.05) is 0 Å². The van der Waals surface area contributed by atoms with Gasteiger partial charge in [-0.3, -0.25) is 4.79 Å². The van der Waals surface area contributed by atoms with Gasteiger partial charge in [-0.2, -0.15) is 0 Å². The van der Waals surface area contributed by atoms with Crippen LogP contribution >= 0.6 is 0 Å². The van der Waals surface area contributed by atoms with Gasteiger partial charge in [0.05, 0.1) is 7.11 Å². The zero-order chi connectivity index (χ0) is 15.3. The molecule has 1 amide bonds. The highest BCUT2D eigenvalue weighted by atomic mass is 19.1. The third-order valence-electron chi connectivity index (χ3n) is 2.99. The topological polar surface area (TPSA) is 75.6 Å². The first-order valence-corrected chi connectivity index (χ1v) is 6.24. The monoisotopic (exact) mass is 283 g/mol. The number of phenolic OH excluding ortho intramolecular Hbond substituents is 1. The van der Waals surface area contributed by atoms with E-state index in [2.05, 4.69) is 10.1 Å². The molecule has 0 radical (unpaired) electrons. The highest BCUT2D eigenvalue weighted by Crippen LogP contribution is 2.22. The lowest BCUT2D eigenvalue weighted by Gasteiger charge is -2.27. The van der Waals surface area contributed by atoms with Crippen molar-refractivity contribution in [1.29, 1.82) is 0 Å². The number of benzene rings is 1. The summed E-state index contributed by atoms with van der Waals surface area (Å²) >= 11 is 0. The largest absolute Gasteiger partial charge is 0.507 e. The van der Waals surface area contributed by atoms with E-state index in [1.165, 1.54) is 26.2 Å². The summed E-state index contributed by atoms with van der Waals surface area (Å²) in [7, 11) is 1.21. The fourth-order valence-electron chi connectivity index (χ4n) is 1.99. The van der Waals surface area contributed by atoms with E-state index in [4.69, 9.17) is 0 Å². The minimum atomic E-state index is -1.27. The van der Waals surface area contributed by atoms with Gasteiger partial charge in [0.15, 0.2) is 0 Å². The molecule has 0 aliphatic carbocycles. The lowest BCUT2D eigenvalue weighted by atomic mass is 9.95. The second kappa shape index (κ2) is 6.36. The predicted molar refractivity (Wildman–Crippen MR) is 70.9 cm³/mol. The van der Waals surface area contributed by atoms with Crippen molar-refractivity contribution in [3.8, 4) is 5.75 Å². The van der Waals surface area contributed by atoms with Crippen LogP contribution in [-0.2, 0) is 9.53 Å². The highest BCUT2D eigenvalue weighted by Gasteiger charge is 2.36. The number of esters is 1. The number of carbonyl (C=O) groups excluding carboxylic acids is 2. The first-order valence-electron chi connectivity index (χ1n) is 6.24. The molecule has 0 saturated heterocycles. The summed E-state index contributed by atoms with van der Waals surface area (Å²) in [6, 6.07) is 3.55. The third kappa shape index (κ3) is 3.26. The van der Waals surface area contributed by atoms with Crippen LogP contribution in [0.1, 0.15) is 37.0 Å². The molecular formula is C14H18FNO4. The maximum Gasteiger partial charge on any atom is 0.331 e. The predicted octanol–water partition coefficient (Wildman–Crippen LogP) is 1.99. The number of nitrogens with one attached hydrogen (secondary N) is 1. The average molecular weight is 283 g/mol. The van der Waals surface area contributed by atoms with Crippen LogP contribution in [0.2, 0.25) is 0 Å². The minimum absolute atomic E-state index is 0.334. The Kier molecular flexibility index (Phi) is 5.07. The summed E-state index contributed by atoms with van der Waals surface area (Å²) in [6.07, 6.45) is 0.954. The first kappa shape index (κ1) is 15.9. The maximum atomic E-state index is 13.6. The molecule has 1 unspecified atom stereocenters. The Balaban J connectivity index is 3.06. The number of methoxy groups -OCH3 is 1. The molecule has 1 rings (SSSR count). The molecule has 1 aromatic rings. The molecule has 0 spiro atoms. The molecule has 0 aromatic heterocycles. The van der Waals surface area contributed by atoms with E-state index in [-0.39, 0.29) is 0 Å². The summed E-state index contributed by atoms with van der Waals surface area (Å²) < 4.78 is 18.3. The normalized spacial score (nSPS) is 13.4. The van der Waals surface area contributed by atoms with Crippen molar-refractivity contribution in [1.82, 2.24) is 5.32 Å². The van der Waals surface area contributed by atoms with Crippen molar-refractivity contribution in [2.75, 3.05) is 7.11 Å². The molecule has 0 aliphatic rings. The third-order valence-corrected chi connectivity index (χ3v) is 2.99. The molecule has 0 aliphatic heterocycles. The van der Waals surface area contributed by atoms with Gasteiger partial charge in [-0.1, -0.05) is 19.4 Å². The lowest BCUT2D eigenvalue weighted by molar-refractivity contribution is -0.147. The molecular weight excluding hydrogens is 265 g/mol. The Hall–Kier alpha value is -2.11. The summed E-state index contributed by atoms with van der Waals surface area (Å²) in [5.41, 5.74) is -1.76. The Morgan fingerprint density at radius 1 is 1.45 bits per heavy atom. The quantitative estimate of drug-likeness (QED) is 0.810. The van der Waals surface area contributed by atoms with Gasteiger partial charge in [0.25, 0.3) is 5.91 Å². The van der Waals surface area contributed by atoms with E-state index in [1.54, 1.807) is 0 Å². The van der Waals surface area contributed by atoms with E-state index in [1.807, 2.05) is 6.92 Å². The van der Waals surface area contributed by atoms with Crippen molar-refractivity contribution in [3.63, 3.8) is 0 Å². The van der Waals surface area contributed by atoms with Gasteiger partial charge in [0.1, 0.15) is 22.7 Å². The Morgan fingerprint density at radius 2 is 2.10 bits per heavy atom. The van der Waals surface area contributed by atoms with Crippen molar-refractivity contribution >= 4 is 11.9 Å². The SMILES string of the molecule is CCCC(C)(NC(=O)c1c(O)cccc1F)C(=O)OC. The van der Waals surface area contributed by atoms with Crippen LogP contribution in [-0.4, -0.2) is 29.6 Å². The number of hydrogen-bond donors (Lipinski definition) is 2. The molecule has 0 saturated carbocycles. The lowest BCUT2D eigenvalue weighted by Crippen LogP contribution is -2.52. The number of carbonyl (C=O) groups is 2. The van der Waals surface area contributed by atoms with Crippen LogP contribution in [0.5, 0.6) is 5.75 Å². The van der Waals surface area contributed by atoms with Crippen molar-refractivity contribution in [3.05, 3.63) is 29.6 Å². The Labute approximate surface area is 116 Å². The zero-order valence-electron chi connectivity index (χ0n) is 11.7. The molecule has 0 fully saturated rings. The van der Waals surface area contributed by atoms with Gasteiger partial charge in [-0.25, -0.2) is 9.18 Å². The van der Waals surface area contributed by atoms with Crippen LogP contribution in [0.4, 0.5) is 4.39 Å². The molecule has 20 heavy (non-hydrogen) atoms. The average Bonchev–Trinajstić information content (AvgIpc) is 2.37. The smallest absolute Gasteiger partial charge is 0.331 e. The molecule has 2 N–H and O–H groups in total. The van der Waals surface area contributed by atoms with Crippen molar-refractivity contribution in [2.45, 2.75) is 32.2 Å². The van der Waals surface area contributed by atoms with E-state index >= 15 is 0 Å². The van der Waals surface area contributed by atoms with E-state index in [0.29, 0.717) is 12.8 Å². The first-order chi connectivity index (χ1) is 9.35. The summed E-state index contributed by atoms with van der Waals surface area (Å²) in [6.45, 7) is 3.34. The fourth-order valence-corrected chi connectivity index (χ4v) is 1.99. The number of hydrogen-bond acceptors (Lipinski definition) is 4. The van der Waals surface area contributed by atoms with Crippen LogP contribution < -0.4 is 5.32 Å². The number of halogens is 1. The number of ether oxygens (including phenoxy) is 1. The zero-order valence-corrected chi connectivity index (χ0v) is 11.7. The molecule has 5 nitrogen and oxygen atoms in total. The molecule has 0 bridgehead atoms. The van der Waals surface area contributed by atoms with Crippen molar-refractivity contribution < 1.29 is 23.8 Å². The van der Waals surface area contributed by atoms with Crippen LogP contribution in [0.3, 0.4) is 0 Å². The summed E-state index contributed by atoms with van der Waals surface area (Å²) in [4.78, 5) is 23.8. The number of phenols is 1. The molecule has 1 atom stereocenters. The maximum absolute atomic E-state index is 13.6. The summed E-state index contributed by atoms with van der Waals surface area (Å²) in [5.74, 6) is -2.82.